The zero-order valence-electron chi connectivity index (χ0n) is 15.3. The fraction of sp³-hybridized carbons (Fsp3) is 0.824. The fourth-order valence-electron chi connectivity index (χ4n) is 2.57. The van der Waals surface area contributed by atoms with Gasteiger partial charge in [-0.2, -0.15) is 0 Å². The first-order chi connectivity index (χ1) is 9.80. The van der Waals surface area contributed by atoms with Crippen LogP contribution in [0.4, 0.5) is 0 Å². The number of hydrogen-bond donors (Lipinski definition) is 0. The van der Waals surface area contributed by atoms with Gasteiger partial charge in [0, 0.05) is 6.42 Å². The first-order valence-corrected chi connectivity index (χ1v) is 14.6. The molecule has 1 aliphatic heterocycles. The average Bonchev–Trinajstić information content (AvgIpc) is 2.97. The van der Waals surface area contributed by atoms with Gasteiger partial charge >= 0.3 is 0 Å². The van der Waals surface area contributed by atoms with Crippen molar-refractivity contribution in [3.05, 3.63) is 0 Å². The van der Waals surface area contributed by atoms with E-state index in [1.807, 2.05) is 0 Å². The minimum Gasteiger partial charge on any atom is -0.410 e. The summed E-state index contributed by atoms with van der Waals surface area (Å²) in [5, 5.41) is 0.133. The van der Waals surface area contributed by atoms with E-state index >= 15 is 0 Å². The standard InChI is InChI=1S/C17H30O3Si2/c1-16(2,3)22(7,8)20-15-10-9-13(18)17(15)14(19-17)11-12-21(4,5)6/h14-15H,9-10H2,1-8H3/t14-,15+,17+/m0/s1. The molecule has 3 atom stereocenters. The second kappa shape index (κ2) is 5.30. The molecule has 124 valence electrons. The Morgan fingerprint density at radius 1 is 1.23 bits per heavy atom. The molecule has 2 rings (SSSR count). The third-order valence-corrected chi connectivity index (χ3v) is 10.4. The van der Waals surface area contributed by atoms with Gasteiger partial charge in [0.2, 0.25) is 0 Å². The Morgan fingerprint density at radius 2 is 1.82 bits per heavy atom. The van der Waals surface area contributed by atoms with Gasteiger partial charge < -0.3 is 9.16 Å². The van der Waals surface area contributed by atoms with Crippen LogP contribution in [0.3, 0.4) is 0 Å². The van der Waals surface area contributed by atoms with Crippen LogP contribution in [0.5, 0.6) is 0 Å². The average molecular weight is 339 g/mol. The summed E-state index contributed by atoms with van der Waals surface area (Å²) < 4.78 is 12.4. The number of ether oxygens (including phenoxy) is 1. The second-order valence-corrected chi connectivity index (χ2v) is 18.6. The van der Waals surface area contributed by atoms with Gasteiger partial charge in [-0.15, -0.1) is 5.54 Å². The normalized spacial score (nSPS) is 32.1. The van der Waals surface area contributed by atoms with Crippen LogP contribution in [-0.2, 0) is 14.0 Å². The van der Waals surface area contributed by atoms with E-state index in [4.69, 9.17) is 9.16 Å². The van der Waals surface area contributed by atoms with E-state index < -0.39 is 22.0 Å². The van der Waals surface area contributed by atoms with Crippen LogP contribution < -0.4 is 0 Å². The molecule has 0 unspecified atom stereocenters. The van der Waals surface area contributed by atoms with E-state index in [-0.39, 0.29) is 23.0 Å². The summed E-state index contributed by atoms with van der Waals surface area (Å²) in [6, 6.07) is 0. The van der Waals surface area contributed by atoms with Crippen LogP contribution >= 0.6 is 0 Å². The highest BCUT2D eigenvalue weighted by Gasteiger charge is 2.70. The molecule has 22 heavy (non-hydrogen) atoms. The Bertz CT molecular complexity index is 531. The highest BCUT2D eigenvalue weighted by atomic mass is 28.4. The number of hydrogen-bond acceptors (Lipinski definition) is 3. The fourth-order valence-corrected chi connectivity index (χ4v) is 4.49. The Hall–Kier alpha value is -0.416. The van der Waals surface area contributed by atoms with Gasteiger partial charge in [0.25, 0.3) is 0 Å². The summed E-state index contributed by atoms with van der Waals surface area (Å²) in [7, 11) is -3.36. The zero-order valence-corrected chi connectivity index (χ0v) is 17.3. The number of rotatable bonds is 2. The molecule has 2 aliphatic rings. The summed E-state index contributed by atoms with van der Waals surface area (Å²) in [5.41, 5.74) is 2.59. The molecule has 3 nitrogen and oxygen atoms in total. The van der Waals surface area contributed by atoms with Crippen molar-refractivity contribution in [3.63, 3.8) is 0 Å². The molecule has 1 saturated carbocycles. The molecule has 0 aromatic heterocycles. The van der Waals surface area contributed by atoms with Crippen molar-refractivity contribution in [2.24, 2.45) is 0 Å². The van der Waals surface area contributed by atoms with Crippen molar-refractivity contribution < 1.29 is 14.0 Å². The summed E-state index contributed by atoms with van der Waals surface area (Å²) >= 11 is 0. The summed E-state index contributed by atoms with van der Waals surface area (Å²) in [6.45, 7) is 17.7. The van der Waals surface area contributed by atoms with Crippen molar-refractivity contribution >= 4 is 22.2 Å². The largest absolute Gasteiger partial charge is 0.410 e. The number of carbonyl (C=O) groups is 1. The molecule has 0 amide bonds. The molecule has 1 heterocycles. The number of carbonyl (C=O) groups excluding carboxylic acids is 1. The van der Waals surface area contributed by atoms with Crippen molar-refractivity contribution in [3.8, 4) is 11.5 Å². The van der Waals surface area contributed by atoms with Crippen LogP contribution in [0.25, 0.3) is 0 Å². The van der Waals surface area contributed by atoms with Crippen molar-refractivity contribution in [2.75, 3.05) is 0 Å². The van der Waals surface area contributed by atoms with Gasteiger partial charge in [-0.05, 0) is 24.6 Å². The molecule has 0 aromatic carbocycles. The SMILES string of the molecule is CC(C)(C)[Si](C)(C)O[C@@H]1CCC(=O)[C@]12O[C@H]2C#C[Si](C)(C)C. The Labute approximate surface area is 137 Å². The van der Waals surface area contributed by atoms with Gasteiger partial charge in [-0.3, -0.25) is 4.79 Å². The van der Waals surface area contributed by atoms with E-state index in [1.54, 1.807) is 0 Å². The molecule has 1 spiro atoms. The van der Waals surface area contributed by atoms with E-state index in [9.17, 15) is 4.79 Å². The Morgan fingerprint density at radius 3 is 2.32 bits per heavy atom. The maximum Gasteiger partial charge on any atom is 0.192 e. The third kappa shape index (κ3) is 3.25. The first-order valence-electron chi connectivity index (χ1n) is 8.21. The summed E-state index contributed by atoms with van der Waals surface area (Å²) in [6.07, 6.45) is 0.978. The summed E-state index contributed by atoms with van der Waals surface area (Å²) in [4.78, 5) is 12.4. The quantitative estimate of drug-likeness (QED) is 0.437. The minimum atomic E-state index is -1.91. The van der Waals surface area contributed by atoms with Crippen LogP contribution in [-0.4, -0.2) is 40.0 Å². The van der Waals surface area contributed by atoms with E-state index in [0.717, 1.165) is 6.42 Å². The molecule has 1 saturated heterocycles. The molecule has 5 heteroatoms. The lowest BCUT2D eigenvalue weighted by Crippen LogP contribution is -2.48. The highest BCUT2D eigenvalue weighted by Crippen LogP contribution is 2.51. The maximum absolute atomic E-state index is 12.4. The molecule has 0 aromatic rings. The first kappa shape index (κ1) is 17.9. The predicted molar refractivity (Wildman–Crippen MR) is 95.0 cm³/mol. The molecular weight excluding hydrogens is 308 g/mol. The van der Waals surface area contributed by atoms with Crippen molar-refractivity contribution in [2.45, 2.75) is 89.2 Å². The van der Waals surface area contributed by atoms with E-state index in [2.05, 4.69) is 65.0 Å². The molecular formula is C17H30O3Si2. The number of ketones is 1. The highest BCUT2D eigenvalue weighted by molar-refractivity contribution is 6.83. The summed E-state index contributed by atoms with van der Waals surface area (Å²) in [5.74, 6) is 3.40. The van der Waals surface area contributed by atoms with Crippen LogP contribution in [0, 0.1) is 11.5 Å². The maximum atomic E-state index is 12.4. The van der Waals surface area contributed by atoms with Crippen molar-refractivity contribution in [1.29, 1.82) is 0 Å². The molecule has 2 fully saturated rings. The van der Waals surface area contributed by atoms with Gasteiger partial charge in [-0.25, -0.2) is 0 Å². The zero-order chi connectivity index (χ0) is 17.0. The molecule has 0 radical (unpaired) electrons. The van der Waals surface area contributed by atoms with Crippen LogP contribution in [0.15, 0.2) is 0 Å². The smallest absolute Gasteiger partial charge is 0.192 e. The lowest BCUT2D eigenvalue weighted by atomic mass is 10.0. The predicted octanol–water partition coefficient (Wildman–Crippen LogP) is 3.76. The third-order valence-electron chi connectivity index (χ3n) is 5.01. The number of epoxide rings is 1. The van der Waals surface area contributed by atoms with Crippen LogP contribution in [0.1, 0.15) is 33.6 Å². The van der Waals surface area contributed by atoms with E-state index in [1.165, 1.54) is 0 Å². The Balaban J connectivity index is 2.17. The van der Waals surface area contributed by atoms with Gasteiger partial charge in [0.1, 0.15) is 8.07 Å². The number of Topliss-reactive ketones (excluding diaryl/α,β-unsaturated/α-hetero) is 1. The monoisotopic (exact) mass is 338 g/mol. The lowest BCUT2D eigenvalue weighted by molar-refractivity contribution is -0.123. The van der Waals surface area contributed by atoms with Crippen LogP contribution in [0.2, 0.25) is 37.8 Å². The molecule has 0 bridgehead atoms. The van der Waals surface area contributed by atoms with Gasteiger partial charge in [-0.1, -0.05) is 46.3 Å². The Kier molecular flexibility index (Phi) is 4.32. The van der Waals surface area contributed by atoms with Gasteiger partial charge in [0.05, 0.1) is 6.10 Å². The second-order valence-electron chi connectivity index (χ2n) is 9.14. The van der Waals surface area contributed by atoms with Gasteiger partial charge in [0.15, 0.2) is 25.8 Å². The molecule has 1 aliphatic carbocycles. The van der Waals surface area contributed by atoms with E-state index in [0.29, 0.717) is 6.42 Å². The lowest BCUT2D eigenvalue weighted by Gasteiger charge is -2.39. The van der Waals surface area contributed by atoms with Crippen molar-refractivity contribution in [1.82, 2.24) is 0 Å². The molecule has 0 N–H and O–H groups in total. The topological polar surface area (TPSA) is 38.8 Å². The minimum absolute atomic E-state index is 0.109.